The number of hydrogen-bond donors (Lipinski definition) is 1. The molecule has 0 spiro atoms. The van der Waals surface area contributed by atoms with Crippen molar-refractivity contribution in [1.29, 1.82) is 0 Å². The molecular weight excluding hydrogens is 304 g/mol. The largest absolute Gasteiger partial charge is 0.348 e. The van der Waals surface area contributed by atoms with E-state index in [1.165, 1.54) is 41.3 Å². The minimum atomic E-state index is -0.509. The first kappa shape index (κ1) is 14.8. The van der Waals surface area contributed by atoms with Gasteiger partial charge >= 0.3 is 0 Å². The van der Waals surface area contributed by atoms with Crippen LogP contribution in [0.15, 0.2) is 48.8 Å². The minimum Gasteiger partial charge on any atom is -0.348 e. The lowest BCUT2D eigenvalue weighted by atomic mass is 10.1. The summed E-state index contributed by atoms with van der Waals surface area (Å²) in [5, 5.41) is 13.3. The fourth-order valence-electron chi connectivity index (χ4n) is 2.04. The lowest BCUT2D eigenvalue weighted by Crippen LogP contribution is -2.24. The quantitative estimate of drug-likeness (QED) is 0.798. The first-order chi connectivity index (χ1) is 11.1. The van der Waals surface area contributed by atoms with Gasteiger partial charge in [-0.2, -0.15) is 4.68 Å². The lowest BCUT2D eigenvalue weighted by Gasteiger charge is -2.10. The molecule has 1 amide bonds. The Balaban J connectivity index is 1.81. The Morgan fingerprint density at radius 3 is 2.52 bits per heavy atom. The van der Waals surface area contributed by atoms with Gasteiger partial charge in [0.1, 0.15) is 18.0 Å². The van der Waals surface area contributed by atoms with E-state index in [-0.39, 0.29) is 23.6 Å². The summed E-state index contributed by atoms with van der Waals surface area (Å²) in [6.45, 7) is 0.214. The van der Waals surface area contributed by atoms with Crippen LogP contribution in [-0.4, -0.2) is 26.1 Å². The molecule has 23 heavy (non-hydrogen) atoms. The average Bonchev–Trinajstić information content (AvgIpc) is 3.08. The molecule has 0 aliphatic carbocycles. The molecule has 0 atom stereocenters. The van der Waals surface area contributed by atoms with Crippen LogP contribution in [0.2, 0.25) is 0 Å². The van der Waals surface area contributed by atoms with Crippen molar-refractivity contribution >= 4 is 5.91 Å². The molecule has 0 saturated heterocycles. The van der Waals surface area contributed by atoms with Crippen molar-refractivity contribution in [2.75, 3.05) is 0 Å². The number of amides is 1. The first-order valence-corrected chi connectivity index (χ1v) is 6.69. The zero-order valence-electron chi connectivity index (χ0n) is 11.8. The van der Waals surface area contributed by atoms with Gasteiger partial charge in [-0.15, -0.1) is 5.10 Å². The average molecular weight is 315 g/mol. The summed E-state index contributed by atoms with van der Waals surface area (Å²) in [5.41, 5.74) is 1.19. The van der Waals surface area contributed by atoms with Crippen molar-refractivity contribution in [3.63, 3.8) is 0 Å². The Morgan fingerprint density at radius 2 is 1.83 bits per heavy atom. The maximum absolute atomic E-state index is 13.4. The van der Waals surface area contributed by atoms with Gasteiger partial charge in [-0.1, -0.05) is 12.1 Å². The second-order valence-corrected chi connectivity index (χ2v) is 4.73. The number of hydrogen-bond acceptors (Lipinski definition) is 4. The number of nitrogens with one attached hydrogen (secondary N) is 1. The Labute approximate surface area is 129 Å². The number of carbonyl (C=O) groups excluding carboxylic acids is 1. The molecule has 6 nitrogen and oxygen atoms in total. The van der Waals surface area contributed by atoms with Gasteiger partial charge in [-0.3, -0.25) is 4.79 Å². The minimum absolute atomic E-state index is 0.214. The van der Waals surface area contributed by atoms with Crippen molar-refractivity contribution in [2.45, 2.75) is 6.54 Å². The molecule has 3 aromatic rings. The molecule has 2 aromatic carbocycles. The zero-order valence-corrected chi connectivity index (χ0v) is 11.8. The van der Waals surface area contributed by atoms with Crippen LogP contribution in [0.3, 0.4) is 0 Å². The number of carbonyl (C=O) groups is 1. The maximum Gasteiger partial charge on any atom is 0.253 e. The fourth-order valence-corrected chi connectivity index (χ4v) is 2.04. The standard InChI is InChI=1S/C15H11F2N5O/c16-11-3-1-10(2-4-11)8-18-15(23)13-6-5-12(17)7-14(13)22-9-19-20-21-22/h1-7,9H,8H2,(H,18,23). The van der Waals surface area contributed by atoms with Crippen molar-refractivity contribution in [3.8, 4) is 5.69 Å². The highest BCUT2D eigenvalue weighted by atomic mass is 19.1. The highest BCUT2D eigenvalue weighted by Crippen LogP contribution is 2.15. The molecule has 0 unspecified atom stereocenters. The van der Waals surface area contributed by atoms with E-state index < -0.39 is 11.7 Å². The molecule has 3 rings (SSSR count). The van der Waals surface area contributed by atoms with Crippen molar-refractivity contribution in [3.05, 3.63) is 71.6 Å². The summed E-state index contributed by atoms with van der Waals surface area (Å²) in [4.78, 5) is 12.3. The third-order valence-corrected chi connectivity index (χ3v) is 3.17. The van der Waals surface area contributed by atoms with Crippen LogP contribution in [0.25, 0.3) is 5.69 Å². The van der Waals surface area contributed by atoms with Crippen molar-refractivity contribution < 1.29 is 13.6 Å². The molecule has 8 heteroatoms. The van der Waals surface area contributed by atoms with E-state index in [0.717, 1.165) is 5.56 Å². The molecule has 1 aromatic heterocycles. The van der Waals surface area contributed by atoms with Crippen molar-refractivity contribution in [1.82, 2.24) is 25.5 Å². The van der Waals surface area contributed by atoms with Crippen LogP contribution in [0.5, 0.6) is 0 Å². The van der Waals surface area contributed by atoms with Crippen LogP contribution < -0.4 is 5.32 Å². The molecular formula is C15H11F2N5O. The van der Waals surface area contributed by atoms with Crippen LogP contribution in [0, 0.1) is 11.6 Å². The summed E-state index contributed by atoms with van der Waals surface area (Å²) < 4.78 is 27.5. The predicted molar refractivity (Wildman–Crippen MR) is 76.7 cm³/mol. The lowest BCUT2D eigenvalue weighted by molar-refractivity contribution is 0.0950. The van der Waals surface area contributed by atoms with Crippen molar-refractivity contribution in [2.24, 2.45) is 0 Å². The number of rotatable bonds is 4. The van der Waals surface area contributed by atoms with Crippen LogP contribution in [0.1, 0.15) is 15.9 Å². The summed E-state index contributed by atoms with van der Waals surface area (Å²) >= 11 is 0. The predicted octanol–water partition coefficient (Wildman–Crippen LogP) is 1.87. The zero-order chi connectivity index (χ0) is 16.2. The van der Waals surface area contributed by atoms with Crippen LogP contribution >= 0.6 is 0 Å². The SMILES string of the molecule is O=C(NCc1ccc(F)cc1)c1ccc(F)cc1-n1cnnn1. The Hall–Kier alpha value is -3.16. The molecule has 0 saturated carbocycles. The van der Waals surface area contributed by atoms with Crippen LogP contribution in [0.4, 0.5) is 8.78 Å². The Bertz CT molecular complexity index is 818. The smallest absolute Gasteiger partial charge is 0.253 e. The molecule has 0 aliphatic rings. The monoisotopic (exact) mass is 315 g/mol. The van der Waals surface area contributed by atoms with Gasteiger partial charge < -0.3 is 5.32 Å². The topological polar surface area (TPSA) is 72.7 Å². The Kier molecular flexibility index (Phi) is 4.05. The molecule has 0 fully saturated rings. The van der Waals surface area contributed by atoms with E-state index in [2.05, 4.69) is 20.8 Å². The summed E-state index contributed by atoms with van der Waals surface area (Å²) in [6.07, 6.45) is 1.27. The molecule has 1 N–H and O–H groups in total. The molecule has 0 aliphatic heterocycles. The Morgan fingerprint density at radius 1 is 1.09 bits per heavy atom. The number of nitrogens with zero attached hydrogens (tertiary/aromatic N) is 4. The van der Waals surface area contributed by atoms with Gasteiger partial charge in [0.2, 0.25) is 0 Å². The summed E-state index contributed by atoms with van der Waals surface area (Å²) in [7, 11) is 0. The number of halogens is 2. The van der Waals surface area contributed by atoms with E-state index in [1.807, 2.05) is 0 Å². The molecule has 0 bridgehead atoms. The van der Waals surface area contributed by atoms with E-state index in [4.69, 9.17) is 0 Å². The number of tetrazole rings is 1. The highest BCUT2D eigenvalue weighted by Gasteiger charge is 2.14. The number of aromatic nitrogens is 4. The van der Waals surface area contributed by atoms with E-state index in [9.17, 15) is 13.6 Å². The van der Waals surface area contributed by atoms with Gasteiger partial charge in [0.05, 0.1) is 11.3 Å². The summed E-state index contributed by atoms with van der Waals surface area (Å²) in [6, 6.07) is 9.47. The van der Waals surface area contributed by atoms with Gasteiger partial charge in [-0.25, -0.2) is 8.78 Å². The van der Waals surface area contributed by atoms with E-state index >= 15 is 0 Å². The van der Waals surface area contributed by atoms with Crippen LogP contribution in [-0.2, 0) is 6.54 Å². The highest BCUT2D eigenvalue weighted by molar-refractivity contribution is 5.97. The van der Waals surface area contributed by atoms with Gasteiger partial charge in [0.15, 0.2) is 0 Å². The van der Waals surface area contributed by atoms with E-state index in [1.54, 1.807) is 12.1 Å². The fraction of sp³-hybridized carbons (Fsp3) is 0.0667. The third kappa shape index (κ3) is 3.37. The normalized spacial score (nSPS) is 10.5. The maximum atomic E-state index is 13.4. The van der Waals surface area contributed by atoms with E-state index in [0.29, 0.717) is 0 Å². The molecule has 1 heterocycles. The summed E-state index contributed by atoms with van der Waals surface area (Å²) in [5.74, 6) is -1.27. The molecule has 116 valence electrons. The first-order valence-electron chi connectivity index (χ1n) is 6.69. The third-order valence-electron chi connectivity index (χ3n) is 3.17. The second kappa shape index (κ2) is 6.30. The van der Waals surface area contributed by atoms with Gasteiger partial charge in [-0.05, 0) is 40.3 Å². The van der Waals surface area contributed by atoms with Gasteiger partial charge in [0.25, 0.3) is 5.91 Å². The second-order valence-electron chi connectivity index (χ2n) is 4.73. The molecule has 0 radical (unpaired) electrons. The number of benzene rings is 2. The van der Waals surface area contributed by atoms with Gasteiger partial charge in [0, 0.05) is 12.6 Å².